The van der Waals surface area contributed by atoms with E-state index in [1.807, 2.05) is 23.0 Å². The van der Waals surface area contributed by atoms with Crippen LogP contribution in [0.5, 0.6) is 0 Å². The minimum atomic E-state index is -0.429. The topological polar surface area (TPSA) is 129 Å². The van der Waals surface area contributed by atoms with Crippen LogP contribution in [0.1, 0.15) is 11.4 Å². The van der Waals surface area contributed by atoms with E-state index in [0.29, 0.717) is 11.8 Å². The van der Waals surface area contributed by atoms with Gasteiger partial charge >= 0.3 is 0 Å². The number of halogens is 2. The van der Waals surface area contributed by atoms with Crippen LogP contribution in [0.25, 0.3) is 5.69 Å². The molecule has 0 aliphatic heterocycles. The van der Waals surface area contributed by atoms with Gasteiger partial charge in [-0.15, -0.1) is 35.0 Å². The summed E-state index contributed by atoms with van der Waals surface area (Å²) in [7, 11) is 0. The standard InChI is InChI=1S/C14H14N8O2.2ClH/c1-10-17-19-14(21(10)15)18-16-8-11-6-7-20(9-11)12-2-4-13(5-3-12)22(23)24;;/h2-9H,15H2,1H3,(H,18,19);2*1H. The Morgan fingerprint density at radius 1 is 1.23 bits per heavy atom. The van der Waals surface area contributed by atoms with E-state index in [2.05, 4.69) is 20.7 Å². The molecular weight excluding hydrogens is 383 g/mol. The van der Waals surface area contributed by atoms with Crippen LogP contribution in [0.4, 0.5) is 11.6 Å². The number of nitro benzene ring substituents is 1. The molecule has 3 aromatic rings. The molecule has 0 fully saturated rings. The Morgan fingerprint density at radius 3 is 2.50 bits per heavy atom. The van der Waals surface area contributed by atoms with Gasteiger partial charge in [0.1, 0.15) is 0 Å². The van der Waals surface area contributed by atoms with Gasteiger partial charge in [-0.1, -0.05) is 0 Å². The number of anilines is 1. The number of aromatic nitrogens is 4. The van der Waals surface area contributed by atoms with Crippen molar-refractivity contribution in [2.75, 3.05) is 11.3 Å². The Hall–Kier alpha value is -3.11. The minimum absolute atomic E-state index is 0. The van der Waals surface area contributed by atoms with Gasteiger partial charge in [0.05, 0.1) is 11.1 Å². The van der Waals surface area contributed by atoms with Crippen LogP contribution in [0.3, 0.4) is 0 Å². The Bertz CT molecular complexity index is 904. The number of rotatable bonds is 5. The first-order valence-electron chi connectivity index (χ1n) is 6.93. The maximum absolute atomic E-state index is 10.7. The maximum Gasteiger partial charge on any atom is 0.269 e. The third kappa shape index (κ3) is 4.49. The summed E-state index contributed by atoms with van der Waals surface area (Å²) < 4.78 is 3.13. The highest BCUT2D eigenvalue weighted by Gasteiger charge is 2.05. The van der Waals surface area contributed by atoms with Crippen LogP contribution in [0, 0.1) is 17.0 Å². The summed E-state index contributed by atoms with van der Waals surface area (Å²) in [6, 6.07) is 8.13. The first kappa shape index (κ1) is 20.9. The number of nitro groups is 1. The van der Waals surface area contributed by atoms with E-state index in [1.165, 1.54) is 16.8 Å². The molecule has 2 aromatic heterocycles. The van der Waals surface area contributed by atoms with Gasteiger partial charge in [0.15, 0.2) is 5.82 Å². The zero-order valence-corrected chi connectivity index (χ0v) is 15.1. The van der Waals surface area contributed by atoms with Gasteiger partial charge in [-0.05, 0) is 25.1 Å². The van der Waals surface area contributed by atoms with Crippen molar-refractivity contribution in [1.82, 2.24) is 19.4 Å². The van der Waals surface area contributed by atoms with Gasteiger partial charge in [0, 0.05) is 35.8 Å². The van der Waals surface area contributed by atoms with Crippen LogP contribution in [-0.4, -0.2) is 30.6 Å². The molecule has 3 rings (SSSR count). The van der Waals surface area contributed by atoms with Crippen LogP contribution in [0.15, 0.2) is 47.8 Å². The molecule has 12 heteroatoms. The second-order valence-electron chi connectivity index (χ2n) is 4.94. The molecule has 0 aliphatic carbocycles. The Kier molecular flexibility index (Phi) is 7.11. The van der Waals surface area contributed by atoms with E-state index in [9.17, 15) is 10.1 Å². The lowest BCUT2D eigenvalue weighted by molar-refractivity contribution is -0.384. The number of nitrogens with one attached hydrogen (secondary N) is 1. The van der Waals surface area contributed by atoms with E-state index in [-0.39, 0.29) is 30.5 Å². The molecule has 0 atom stereocenters. The van der Waals surface area contributed by atoms with Crippen molar-refractivity contribution in [2.45, 2.75) is 6.92 Å². The molecule has 3 N–H and O–H groups in total. The summed E-state index contributed by atoms with van der Waals surface area (Å²) in [4.78, 5) is 10.2. The fourth-order valence-electron chi connectivity index (χ4n) is 2.01. The highest BCUT2D eigenvalue weighted by molar-refractivity contribution is 5.85. The summed E-state index contributed by atoms with van der Waals surface area (Å²) in [5, 5.41) is 22.3. The van der Waals surface area contributed by atoms with E-state index in [0.717, 1.165) is 11.3 Å². The van der Waals surface area contributed by atoms with E-state index < -0.39 is 4.92 Å². The number of hydrogen-bond donors (Lipinski definition) is 2. The molecule has 0 amide bonds. The number of nitrogens with zero attached hydrogens (tertiary/aromatic N) is 6. The van der Waals surface area contributed by atoms with E-state index in [4.69, 9.17) is 5.84 Å². The van der Waals surface area contributed by atoms with Gasteiger partial charge in [-0.25, -0.2) is 10.1 Å². The highest BCUT2D eigenvalue weighted by atomic mass is 35.5. The molecule has 1 aromatic carbocycles. The predicted octanol–water partition coefficient (Wildman–Crippen LogP) is 2.29. The first-order chi connectivity index (χ1) is 11.5. The number of non-ortho nitro benzene ring substituents is 1. The second-order valence-corrected chi connectivity index (χ2v) is 4.94. The van der Waals surface area contributed by atoms with Gasteiger partial charge < -0.3 is 10.4 Å². The lowest BCUT2D eigenvalue weighted by Gasteiger charge is -2.01. The third-order valence-corrected chi connectivity index (χ3v) is 3.32. The molecule has 0 saturated heterocycles. The molecular formula is C14H16Cl2N8O2. The molecule has 138 valence electrons. The van der Waals surface area contributed by atoms with Crippen LogP contribution in [0.2, 0.25) is 0 Å². The molecule has 0 spiro atoms. The summed E-state index contributed by atoms with van der Waals surface area (Å²) in [5.74, 6) is 6.60. The first-order valence-corrected chi connectivity index (χ1v) is 6.93. The number of nitrogen functional groups attached to an aromatic ring is 1. The lowest BCUT2D eigenvalue weighted by Crippen LogP contribution is -2.13. The van der Waals surface area contributed by atoms with Crippen molar-refractivity contribution < 1.29 is 4.92 Å². The Labute approximate surface area is 160 Å². The van der Waals surface area contributed by atoms with Crippen molar-refractivity contribution in [3.05, 3.63) is 64.2 Å². The second kappa shape index (κ2) is 8.83. The quantitative estimate of drug-likeness (QED) is 0.293. The van der Waals surface area contributed by atoms with Gasteiger partial charge in [-0.2, -0.15) is 5.10 Å². The summed E-state index contributed by atoms with van der Waals surface area (Å²) >= 11 is 0. The number of nitrogens with two attached hydrogens (primary N) is 1. The summed E-state index contributed by atoms with van der Waals surface area (Å²) in [6.07, 6.45) is 5.27. The van der Waals surface area contributed by atoms with Crippen LogP contribution < -0.4 is 11.3 Å². The largest absolute Gasteiger partial charge is 0.335 e. The molecule has 26 heavy (non-hydrogen) atoms. The van der Waals surface area contributed by atoms with Gasteiger partial charge in [0.2, 0.25) is 0 Å². The fourth-order valence-corrected chi connectivity index (χ4v) is 2.01. The van der Waals surface area contributed by atoms with Crippen molar-refractivity contribution >= 4 is 42.7 Å². The van der Waals surface area contributed by atoms with E-state index >= 15 is 0 Å². The molecule has 0 unspecified atom stereocenters. The smallest absolute Gasteiger partial charge is 0.269 e. The molecule has 0 bridgehead atoms. The van der Waals surface area contributed by atoms with Crippen LogP contribution in [-0.2, 0) is 0 Å². The maximum atomic E-state index is 10.7. The molecule has 0 saturated carbocycles. The molecule has 10 nitrogen and oxygen atoms in total. The molecule has 0 radical (unpaired) electrons. The monoisotopic (exact) mass is 398 g/mol. The number of hydrazone groups is 1. The number of hydrogen-bond acceptors (Lipinski definition) is 7. The zero-order chi connectivity index (χ0) is 17.1. The number of benzene rings is 1. The van der Waals surface area contributed by atoms with Crippen molar-refractivity contribution in [1.29, 1.82) is 0 Å². The Morgan fingerprint density at radius 2 is 1.92 bits per heavy atom. The minimum Gasteiger partial charge on any atom is -0.335 e. The summed E-state index contributed by atoms with van der Waals surface area (Å²) in [5.41, 5.74) is 4.40. The zero-order valence-electron chi connectivity index (χ0n) is 13.5. The SMILES string of the molecule is Cc1nnc(NN=Cc2ccn(-c3ccc([N+](=O)[O-])cc3)c2)n1N.Cl.Cl. The molecule has 2 heterocycles. The third-order valence-electron chi connectivity index (χ3n) is 3.32. The average Bonchev–Trinajstić information content (AvgIpc) is 3.17. The van der Waals surface area contributed by atoms with Gasteiger partial charge in [0.25, 0.3) is 11.6 Å². The molecule has 0 aliphatic rings. The predicted molar refractivity (Wildman–Crippen MR) is 103 cm³/mol. The van der Waals surface area contributed by atoms with Crippen LogP contribution >= 0.6 is 24.8 Å². The van der Waals surface area contributed by atoms with Crippen molar-refractivity contribution in [3.63, 3.8) is 0 Å². The average molecular weight is 399 g/mol. The van der Waals surface area contributed by atoms with E-state index in [1.54, 1.807) is 25.3 Å². The van der Waals surface area contributed by atoms with Crippen molar-refractivity contribution in [3.8, 4) is 5.69 Å². The fraction of sp³-hybridized carbons (Fsp3) is 0.0714. The summed E-state index contributed by atoms with van der Waals surface area (Å²) in [6.45, 7) is 1.73. The van der Waals surface area contributed by atoms with Crippen molar-refractivity contribution in [2.24, 2.45) is 5.10 Å². The normalized spacial score (nSPS) is 10.2. The van der Waals surface area contributed by atoms with Gasteiger partial charge in [-0.3, -0.25) is 10.1 Å². The highest BCUT2D eigenvalue weighted by Crippen LogP contribution is 2.16. The lowest BCUT2D eigenvalue weighted by atomic mass is 10.3. The number of aryl methyl sites for hydroxylation is 1. The Balaban J connectivity index is 0.00000169.